The molecule has 2 aliphatic heterocycles. The molecule has 2 bridgehead atoms. The number of halogens is 3. The second-order valence-electron chi connectivity index (χ2n) is 13.7. The van der Waals surface area contributed by atoms with E-state index < -0.39 is 5.92 Å². The average Bonchev–Trinajstić information content (AvgIpc) is 3.68. The van der Waals surface area contributed by atoms with Crippen molar-refractivity contribution in [2.45, 2.75) is 62.6 Å². The highest BCUT2D eigenvalue weighted by molar-refractivity contribution is 5.87. The summed E-state index contributed by atoms with van der Waals surface area (Å²) in [5.41, 5.74) is 6.79. The minimum atomic E-state index is -3.09. The van der Waals surface area contributed by atoms with Gasteiger partial charge in [0.25, 0.3) is 5.92 Å². The van der Waals surface area contributed by atoms with Gasteiger partial charge in [-0.25, -0.2) is 9.97 Å². The molecule has 0 unspecified atom stereocenters. The molecule has 5 aliphatic rings. The lowest BCUT2D eigenvalue weighted by Crippen LogP contribution is -2.29. The quantitative estimate of drug-likeness (QED) is 0.167. The molecule has 3 aromatic carbocycles. The van der Waals surface area contributed by atoms with Crippen LogP contribution in [0.15, 0.2) is 60.8 Å². The van der Waals surface area contributed by atoms with Gasteiger partial charge in [-0.1, -0.05) is 30.3 Å². The number of hydrogen-bond donors (Lipinski definition) is 4. The molecule has 0 amide bonds. The zero-order chi connectivity index (χ0) is 28.5. The van der Waals surface area contributed by atoms with Gasteiger partial charge < -0.3 is 20.6 Å². The molecule has 4 N–H and O–H groups in total. The molecule has 0 radical (unpaired) electrons. The predicted octanol–water partition coefficient (Wildman–Crippen LogP) is 7.79. The van der Waals surface area contributed by atoms with Gasteiger partial charge in [0.2, 0.25) is 0 Å². The molecule has 2 saturated carbocycles. The molecule has 44 heavy (non-hydrogen) atoms. The number of H-pyrrole nitrogens is 2. The fourth-order valence-corrected chi connectivity index (χ4v) is 8.42. The zero-order valence-corrected chi connectivity index (χ0v) is 24.9. The van der Waals surface area contributed by atoms with Crippen LogP contribution < -0.4 is 10.6 Å². The first kappa shape index (κ1) is 26.8. The van der Waals surface area contributed by atoms with Gasteiger partial charge in [0.15, 0.2) is 0 Å². The number of rotatable bonds is 4. The van der Waals surface area contributed by atoms with Crippen molar-refractivity contribution in [3.63, 3.8) is 0 Å². The molecule has 1 spiro atoms. The van der Waals surface area contributed by atoms with Crippen LogP contribution in [0.2, 0.25) is 0 Å². The average molecular weight is 611 g/mol. The molecule has 3 aliphatic carbocycles. The highest BCUT2D eigenvalue weighted by Gasteiger charge is 2.49. The van der Waals surface area contributed by atoms with Crippen molar-refractivity contribution in [3.05, 3.63) is 83.6 Å². The summed E-state index contributed by atoms with van der Waals surface area (Å²) < 4.78 is 32.2. The van der Waals surface area contributed by atoms with Crippen LogP contribution in [0.5, 0.6) is 0 Å². The Morgan fingerprint density at radius 1 is 0.818 bits per heavy atom. The summed E-state index contributed by atoms with van der Waals surface area (Å²) in [5.74, 6) is -0.571. The van der Waals surface area contributed by atoms with Gasteiger partial charge in [-0.05, 0) is 96.4 Å². The molecule has 4 fully saturated rings. The first-order chi connectivity index (χ1) is 20.9. The second kappa shape index (κ2) is 9.22. The number of nitrogens with one attached hydrogen (secondary N) is 4. The molecule has 4 heterocycles. The molecule has 6 nitrogen and oxygen atoms in total. The van der Waals surface area contributed by atoms with Crippen molar-refractivity contribution in [1.29, 1.82) is 0 Å². The van der Waals surface area contributed by atoms with E-state index in [9.17, 15) is 0 Å². The van der Waals surface area contributed by atoms with E-state index in [1.165, 1.54) is 32.1 Å². The number of hydrogen-bond acceptors (Lipinski definition) is 4. The maximum Gasteiger partial charge on any atom is 0.299 e. The van der Waals surface area contributed by atoms with E-state index >= 15 is 8.78 Å². The molecule has 10 rings (SSSR count). The summed E-state index contributed by atoms with van der Waals surface area (Å²) in [6.07, 6.45) is 9.16. The lowest BCUT2D eigenvalue weighted by atomic mass is 9.98. The third-order valence-electron chi connectivity index (χ3n) is 11.0. The standard InChI is InChI=1S/C35H32F2N6.ClH/c36-35(37)25-12-18(19-4-8-27-28(14-19)42-33(41-27)31-21-1-5-22(11-21)40-31)2-6-23(25)24-7-3-20(13-26(24)35)30-16-38-32(43-30)29-15-34(9-10-34)17-39-29;/h2-4,6-8,12-14,16,21-22,29,31,39-40H,1,5,9-11,15,17H2,(H,38,43)(H,41,42);1H/t21-,22+,29+,31-;/m0./s1. The summed E-state index contributed by atoms with van der Waals surface area (Å²) in [4.78, 5) is 16.4. The van der Waals surface area contributed by atoms with E-state index in [0.717, 1.165) is 58.0 Å². The van der Waals surface area contributed by atoms with Crippen LogP contribution in [0, 0.1) is 11.3 Å². The molecule has 2 aromatic heterocycles. The number of benzene rings is 3. The van der Waals surface area contributed by atoms with Gasteiger partial charge in [-0.3, -0.25) is 0 Å². The number of nitrogens with zero attached hydrogens (tertiary/aromatic N) is 2. The van der Waals surface area contributed by atoms with Crippen LogP contribution in [0.25, 0.3) is 44.5 Å². The highest BCUT2D eigenvalue weighted by Crippen LogP contribution is 2.55. The Morgan fingerprint density at radius 3 is 2.30 bits per heavy atom. The van der Waals surface area contributed by atoms with Crippen molar-refractivity contribution >= 4 is 23.4 Å². The molecule has 224 valence electrons. The van der Waals surface area contributed by atoms with Gasteiger partial charge in [0.05, 0.1) is 35.0 Å². The van der Waals surface area contributed by atoms with Gasteiger partial charge in [-0.15, -0.1) is 12.4 Å². The van der Waals surface area contributed by atoms with Gasteiger partial charge in [0.1, 0.15) is 11.6 Å². The molecule has 4 atom stereocenters. The highest BCUT2D eigenvalue weighted by atomic mass is 35.5. The monoisotopic (exact) mass is 610 g/mol. The van der Waals surface area contributed by atoms with Crippen LogP contribution >= 0.6 is 12.4 Å². The van der Waals surface area contributed by atoms with Gasteiger partial charge in [-0.2, -0.15) is 8.78 Å². The lowest BCUT2D eigenvalue weighted by Gasteiger charge is -2.20. The van der Waals surface area contributed by atoms with Crippen molar-refractivity contribution in [2.75, 3.05) is 6.54 Å². The van der Waals surface area contributed by atoms with Crippen LogP contribution in [-0.4, -0.2) is 32.5 Å². The molecular weight excluding hydrogens is 578 g/mol. The lowest BCUT2D eigenvalue weighted by molar-refractivity contribution is 0.0481. The van der Waals surface area contributed by atoms with E-state index in [2.05, 4.69) is 25.6 Å². The number of alkyl halides is 2. The first-order valence-corrected chi connectivity index (χ1v) is 15.6. The number of aromatic amines is 2. The fourth-order valence-electron chi connectivity index (χ4n) is 8.42. The van der Waals surface area contributed by atoms with Crippen molar-refractivity contribution < 1.29 is 8.78 Å². The molecule has 2 saturated heterocycles. The van der Waals surface area contributed by atoms with Crippen LogP contribution in [0.3, 0.4) is 0 Å². The molecule has 9 heteroatoms. The Labute approximate surface area is 259 Å². The van der Waals surface area contributed by atoms with Crippen molar-refractivity contribution in [2.24, 2.45) is 11.3 Å². The summed E-state index contributed by atoms with van der Waals surface area (Å²) in [7, 11) is 0. The Bertz CT molecular complexity index is 1960. The third kappa shape index (κ3) is 3.90. The van der Waals surface area contributed by atoms with Crippen molar-refractivity contribution in [1.82, 2.24) is 30.6 Å². The minimum absolute atomic E-state index is 0. The van der Waals surface area contributed by atoms with E-state index in [1.54, 1.807) is 18.3 Å². The predicted molar refractivity (Wildman–Crippen MR) is 169 cm³/mol. The Balaban J connectivity index is 0.00000270. The number of piperidine rings is 1. The topological polar surface area (TPSA) is 81.4 Å². The van der Waals surface area contributed by atoms with Gasteiger partial charge >= 0.3 is 0 Å². The first-order valence-electron chi connectivity index (χ1n) is 15.6. The van der Waals surface area contributed by atoms with E-state index in [0.29, 0.717) is 28.5 Å². The van der Waals surface area contributed by atoms with Crippen LogP contribution in [0.4, 0.5) is 8.78 Å². The van der Waals surface area contributed by atoms with E-state index in [-0.39, 0.29) is 35.6 Å². The maximum absolute atomic E-state index is 16.1. The van der Waals surface area contributed by atoms with Crippen LogP contribution in [0.1, 0.15) is 73.4 Å². The summed E-state index contributed by atoms with van der Waals surface area (Å²) in [5, 5.41) is 7.29. The second-order valence-corrected chi connectivity index (χ2v) is 13.7. The fraction of sp³-hybridized carbons (Fsp3) is 0.371. The maximum atomic E-state index is 16.1. The molecular formula is C35H33ClF2N6. The largest absolute Gasteiger partial charge is 0.341 e. The summed E-state index contributed by atoms with van der Waals surface area (Å²) >= 11 is 0. The number of imidazole rings is 2. The Hall–Kier alpha value is -3.59. The van der Waals surface area contributed by atoms with E-state index in [4.69, 9.17) is 4.98 Å². The van der Waals surface area contributed by atoms with Crippen LogP contribution in [-0.2, 0) is 5.92 Å². The summed E-state index contributed by atoms with van der Waals surface area (Å²) in [6.45, 7) is 1.04. The number of fused-ring (bicyclic) bond motifs is 6. The zero-order valence-electron chi connectivity index (χ0n) is 24.1. The third-order valence-corrected chi connectivity index (χ3v) is 11.0. The van der Waals surface area contributed by atoms with Crippen molar-refractivity contribution in [3.8, 4) is 33.5 Å². The number of aromatic nitrogens is 4. The van der Waals surface area contributed by atoms with Gasteiger partial charge in [0, 0.05) is 29.3 Å². The normalized spacial score (nSPS) is 26.7. The smallest absolute Gasteiger partial charge is 0.299 e. The Kier molecular flexibility index (Phi) is 5.61. The summed E-state index contributed by atoms with van der Waals surface area (Å²) in [6, 6.07) is 18.0. The minimum Gasteiger partial charge on any atom is -0.341 e. The Morgan fingerprint density at radius 2 is 1.57 bits per heavy atom. The van der Waals surface area contributed by atoms with E-state index in [1.807, 2.05) is 42.5 Å². The molecule has 5 aromatic rings. The SMILES string of the molecule is Cl.FC1(F)c2cc(-c3ccc4nc([C@H]5N[C@@H]6CC[C@H]5C6)[nH]c4c3)ccc2-c2ccc(-c3cnc([C@H]4CC5(CC5)CN4)[nH]3)cc21.